The van der Waals surface area contributed by atoms with Gasteiger partial charge in [-0.3, -0.25) is 10.1 Å². The van der Waals surface area contributed by atoms with E-state index < -0.39 is 10.9 Å². The Hall–Kier alpha value is -2.32. The van der Waals surface area contributed by atoms with Crippen LogP contribution in [0.5, 0.6) is 0 Å². The van der Waals surface area contributed by atoms with Crippen molar-refractivity contribution < 1.29 is 14.5 Å². The van der Waals surface area contributed by atoms with Crippen LogP contribution in [-0.2, 0) is 9.53 Å². The second-order valence-electron chi connectivity index (χ2n) is 4.28. The number of esters is 1. The van der Waals surface area contributed by atoms with Crippen molar-refractivity contribution in [2.75, 3.05) is 0 Å². The third kappa shape index (κ3) is 2.83. The quantitative estimate of drug-likeness (QED) is 0.352. The number of hydrogen-bond donors (Lipinski definition) is 0. The van der Waals surface area contributed by atoms with Crippen molar-refractivity contribution in [2.24, 2.45) is 4.99 Å². The third-order valence-electron chi connectivity index (χ3n) is 2.82. The fraction of sp³-hybridized carbons (Fsp3) is 0. The second kappa shape index (κ2) is 5.82. The number of halogens is 1. The fourth-order valence-corrected chi connectivity index (χ4v) is 2.87. The molecule has 0 saturated carbocycles. The lowest BCUT2D eigenvalue weighted by Crippen LogP contribution is -2.03. The Balaban J connectivity index is 1.97. The number of rotatable bonds is 3. The van der Waals surface area contributed by atoms with E-state index in [-0.39, 0.29) is 17.3 Å². The van der Waals surface area contributed by atoms with Crippen LogP contribution >= 0.6 is 27.3 Å². The van der Waals surface area contributed by atoms with E-state index in [2.05, 4.69) is 20.9 Å². The van der Waals surface area contributed by atoms with Crippen LogP contribution in [0.25, 0.3) is 6.08 Å². The Labute approximate surface area is 137 Å². The van der Waals surface area contributed by atoms with Crippen LogP contribution in [0.4, 0.5) is 5.69 Å². The van der Waals surface area contributed by atoms with E-state index >= 15 is 0 Å². The van der Waals surface area contributed by atoms with Crippen molar-refractivity contribution in [3.63, 3.8) is 0 Å². The molecule has 1 aliphatic rings. The Bertz CT molecular complexity index is 827. The summed E-state index contributed by atoms with van der Waals surface area (Å²) in [7, 11) is 0. The molecule has 1 aromatic carbocycles. The largest absolute Gasteiger partial charge is 0.401 e. The molecule has 2 heterocycles. The maximum Gasteiger partial charge on any atom is 0.363 e. The summed E-state index contributed by atoms with van der Waals surface area (Å²) in [5, 5.41) is 12.8. The van der Waals surface area contributed by atoms with Crippen molar-refractivity contribution in [3.05, 3.63) is 66.4 Å². The standard InChI is InChI=1S/C14H7BrN2O4S/c15-9-4-3-8(7-11(9)17(19)20)6-10-14(18)21-13(16-10)12-2-1-5-22-12/h1-7H/b10-6-. The first kappa shape index (κ1) is 14.6. The molecule has 0 N–H and O–H groups in total. The molecule has 0 bridgehead atoms. The van der Waals surface area contributed by atoms with Crippen LogP contribution < -0.4 is 0 Å². The molecule has 0 amide bonds. The SMILES string of the molecule is O=C1OC(c2cccs2)=N/C1=C\c1ccc(Br)c([N+](=O)[O-])c1. The summed E-state index contributed by atoms with van der Waals surface area (Å²) in [5.41, 5.74) is 0.529. The van der Waals surface area contributed by atoms with Gasteiger partial charge in [-0.25, -0.2) is 9.79 Å². The Kier molecular flexibility index (Phi) is 3.86. The molecule has 0 fully saturated rings. The molecule has 110 valence electrons. The van der Waals surface area contributed by atoms with Gasteiger partial charge in [0.1, 0.15) is 0 Å². The Morgan fingerprint density at radius 3 is 2.86 bits per heavy atom. The zero-order valence-electron chi connectivity index (χ0n) is 10.9. The number of thiophene rings is 1. The number of cyclic esters (lactones) is 1. The number of aliphatic imine (C=N–C) groups is 1. The first-order valence-corrected chi connectivity index (χ1v) is 7.72. The number of nitrogens with zero attached hydrogens (tertiary/aromatic N) is 2. The number of benzene rings is 1. The molecule has 22 heavy (non-hydrogen) atoms. The average Bonchev–Trinajstić information content (AvgIpc) is 3.11. The second-order valence-corrected chi connectivity index (χ2v) is 6.08. The van der Waals surface area contributed by atoms with E-state index in [0.717, 1.165) is 4.88 Å². The van der Waals surface area contributed by atoms with Gasteiger partial charge in [-0.1, -0.05) is 12.1 Å². The lowest BCUT2D eigenvalue weighted by molar-refractivity contribution is -0.385. The highest BCUT2D eigenvalue weighted by Gasteiger charge is 2.25. The lowest BCUT2D eigenvalue weighted by atomic mass is 10.1. The average molecular weight is 379 g/mol. The minimum Gasteiger partial charge on any atom is -0.401 e. The molecule has 0 unspecified atom stereocenters. The molecule has 8 heteroatoms. The van der Waals surface area contributed by atoms with E-state index in [0.29, 0.717) is 10.0 Å². The van der Waals surface area contributed by atoms with Crippen LogP contribution in [0, 0.1) is 10.1 Å². The zero-order chi connectivity index (χ0) is 15.7. The number of hydrogen-bond acceptors (Lipinski definition) is 6. The molecule has 0 saturated heterocycles. The minimum absolute atomic E-state index is 0.0804. The predicted molar refractivity (Wildman–Crippen MR) is 85.7 cm³/mol. The molecule has 2 aromatic rings. The Morgan fingerprint density at radius 1 is 1.36 bits per heavy atom. The maximum atomic E-state index is 11.8. The number of ether oxygens (including phenoxy) is 1. The molecule has 3 rings (SSSR count). The number of nitro groups is 1. The van der Waals surface area contributed by atoms with E-state index in [1.165, 1.54) is 23.5 Å². The van der Waals surface area contributed by atoms with Gasteiger partial charge in [0.15, 0.2) is 5.70 Å². The summed E-state index contributed by atoms with van der Waals surface area (Å²) >= 11 is 4.52. The van der Waals surface area contributed by atoms with Crippen LogP contribution in [0.15, 0.2) is 50.9 Å². The summed E-state index contributed by atoms with van der Waals surface area (Å²) < 4.78 is 5.47. The van der Waals surface area contributed by atoms with Crippen LogP contribution in [0.2, 0.25) is 0 Å². The van der Waals surface area contributed by atoms with Crippen molar-refractivity contribution in [1.29, 1.82) is 0 Å². The molecular weight excluding hydrogens is 372 g/mol. The summed E-state index contributed by atoms with van der Waals surface area (Å²) in [6, 6.07) is 8.19. The van der Waals surface area contributed by atoms with E-state index in [4.69, 9.17) is 4.74 Å². The number of nitro benzene ring substituents is 1. The molecule has 0 radical (unpaired) electrons. The van der Waals surface area contributed by atoms with Gasteiger partial charge in [-0.2, -0.15) is 0 Å². The van der Waals surface area contributed by atoms with Gasteiger partial charge < -0.3 is 4.74 Å². The lowest BCUT2D eigenvalue weighted by Gasteiger charge is -1.97. The van der Waals surface area contributed by atoms with Crippen molar-refractivity contribution in [3.8, 4) is 0 Å². The number of carbonyl (C=O) groups is 1. The maximum absolute atomic E-state index is 11.8. The topological polar surface area (TPSA) is 81.8 Å². The van der Waals surface area contributed by atoms with E-state index in [1.54, 1.807) is 18.2 Å². The van der Waals surface area contributed by atoms with Gasteiger partial charge in [-0.05, 0) is 45.1 Å². The van der Waals surface area contributed by atoms with E-state index in [9.17, 15) is 14.9 Å². The molecule has 6 nitrogen and oxygen atoms in total. The van der Waals surface area contributed by atoms with Gasteiger partial charge in [0.2, 0.25) is 5.90 Å². The van der Waals surface area contributed by atoms with Crippen molar-refractivity contribution in [1.82, 2.24) is 0 Å². The fourth-order valence-electron chi connectivity index (χ4n) is 1.83. The zero-order valence-corrected chi connectivity index (χ0v) is 13.3. The summed E-state index contributed by atoms with van der Waals surface area (Å²) in [6.07, 6.45) is 1.46. The van der Waals surface area contributed by atoms with Crippen molar-refractivity contribution >= 4 is 50.9 Å². The molecular formula is C14H7BrN2O4S. The summed E-state index contributed by atoms with van der Waals surface area (Å²) in [4.78, 5) is 27.1. The molecule has 1 aliphatic heterocycles. The molecule has 1 aromatic heterocycles. The van der Waals surface area contributed by atoms with Crippen LogP contribution in [0.1, 0.15) is 10.4 Å². The normalized spacial score (nSPS) is 15.8. The van der Waals surface area contributed by atoms with Crippen molar-refractivity contribution in [2.45, 2.75) is 0 Å². The van der Waals surface area contributed by atoms with Gasteiger partial charge in [-0.15, -0.1) is 11.3 Å². The smallest absolute Gasteiger partial charge is 0.363 e. The molecule has 0 atom stereocenters. The highest BCUT2D eigenvalue weighted by molar-refractivity contribution is 9.10. The highest BCUT2D eigenvalue weighted by Crippen LogP contribution is 2.28. The first-order chi connectivity index (χ1) is 10.5. The van der Waals surface area contributed by atoms with Gasteiger partial charge >= 0.3 is 5.97 Å². The van der Waals surface area contributed by atoms with Crippen LogP contribution in [0.3, 0.4) is 0 Å². The molecule has 0 spiro atoms. The first-order valence-electron chi connectivity index (χ1n) is 6.05. The monoisotopic (exact) mass is 378 g/mol. The minimum atomic E-state index is -0.575. The highest BCUT2D eigenvalue weighted by atomic mass is 79.9. The summed E-state index contributed by atoms with van der Waals surface area (Å²) in [6.45, 7) is 0. The van der Waals surface area contributed by atoms with Gasteiger partial charge in [0, 0.05) is 6.07 Å². The Morgan fingerprint density at radius 2 is 2.18 bits per heavy atom. The van der Waals surface area contributed by atoms with Crippen LogP contribution in [-0.4, -0.2) is 16.8 Å². The molecule has 0 aliphatic carbocycles. The van der Waals surface area contributed by atoms with Gasteiger partial charge in [0.05, 0.1) is 14.3 Å². The number of carbonyl (C=O) groups excluding carboxylic acids is 1. The van der Waals surface area contributed by atoms with Gasteiger partial charge in [0.25, 0.3) is 5.69 Å². The third-order valence-corrected chi connectivity index (χ3v) is 4.35. The van der Waals surface area contributed by atoms with E-state index in [1.807, 2.05) is 11.4 Å². The summed E-state index contributed by atoms with van der Waals surface area (Å²) in [5.74, 6) is -0.327. The predicted octanol–water partition coefficient (Wildman–Crippen LogP) is 3.76.